The molecule has 0 N–H and O–H groups in total. The number of halogens is 2. The monoisotopic (exact) mass is 287 g/mol. The largest absolute Gasteiger partial charge is 0.311 e. The molecule has 0 spiro atoms. The normalized spacial score (nSPS) is 21.1. The van der Waals surface area contributed by atoms with Crippen LogP contribution in [0, 0.1) is 6.92 Å². The second-order valence-corrected chi connectivity index (χ2v) is 5.21. The van der Waals surface area contributed by atoms with Crippen molar-refractivity contribution >= 4 is 39.1 Å². The molecule has 1 aromatic carbocycles. The Morgan fingerprint density at radius 3 is 2.80 bits per heavy atom. The molecule has 1 atom stereocenters. The number of rotatable bonds is 1. The highest BCUT2D eigenvalue weighted by Crippen LogP contribution is 2.28. The lowest BCUT2D eigenvalue weighted by molar-refractivity contribution is -0.117. The Hall–Kier alpha value is -0.540. The van der Waals surface area contributed by atoms with Crippen LogP contribution in [0.4, 0.5) is 5.69 Å². The summed E-state index contributed by atoms with van der Waals surface area (Å²) in [5.74, 6) is 0.103. The Morgan fingerprint density at radius 1 is 1.53 bits per heavy atom. The van der Waals surface area contributed by atoms with E-state index in [1.807, 2.05) is 25.1 Å². The minimum Gasteiger partial charge on any atom is -0.311 e. The first-order chi connectivity index (χ1) is 7.08. The zero-order valence-electron chi connectivity index (χ0n) is 8.34. The summed E-state index contributed by atoms with van der Waals surface area (Å²) in [5, 5.41) is -0.0578. The summed E-state index contributed by atoms with van der Waals surface area (Å²) in [7, 11) is 0. The number of alkyl halides is 1. The molecule has 0 bridgehead atoms. The quantitative estimate of drug-likeness (QED) is 0.727. The Kier molecular flexibility index (Phi) is 3.03. The molecular formula is C11H11BrClNO. The van der Waals surface area contributed by atoms with E-state index in [2.05, 4.69) is 15.9 Å². The second kappa shape index (κ2) is 4.14. The fraction of sp³-hybridized carbons (Fsp3) is 0.364. The molecule has 1 heterocycles. The van der Waals surface area contributed by atoms with Crippen molar-refractivity contribution in [2.75, 3.05) is 11.4 Å². The molecule has 0 aromatic heterocycles. The molecule has 1 fully saturated rings. The van der Waals surface area contributed by atoms with Gasteiger partial charge in [-0.1, -0.05) is 22.0 Å². The zero-order chi connectivity index (χ0) is 11.0. The van der Waals surface area contributed by atoms with Crippen molar-refractivity contribution in [3.05, 3.63) is 28.2 Å². The van der Waals surface area contributed by atoms with E-state index >= 15 is 0 Å². The molecule has 1 amide bonds. The number of carbonyl (C=O) groups is 1. The van der Waals surface area contributed by atoms with Gasteiger partial charge in [0, 0.05) is 23.1 Å². The van der Waals surface area contributed by atoms with Gasteiger partial charge in [-0.25, -0.2) is 0 Å². The Labute approximate surface area is 102 Å². The summed E-state index contributed by atoms with van der Waals surface area (Å²) in [6, 6.07) is 5.91. The van der Waals surface area contributed by atoms with E-state index < -0.39 is 0 Å². The van der Waals surface area contributed by atoms with E-state index in [0.29, 0.717) is 13.0 Å². The van der Waals surface area contributed by atoms with Crippen LogP contribution in [0.1, 0.15) is 12.0 Å². The predicted molar refractivity (Wildman–Crippen MR) is 65.5 cm³/mol. The van der Waals surface area contributed by atoms with Gasteiger partial charge in [0.2, 0.25) is 5.91 Å². The molecule has 0 saturated carbocycles. The maximum absolute atomic E-state index is 11.6. The van der Waals surface area contributed by atoms with E-state index in [-0.39, 0.29) is 11.3 Å². The summed E-state index contributed by atoms with van der Waals surface area (Å²) < 4.78 is 1.02. The van der Waals surface area contributed by atoms with Crippen molar-refractivity contribution in [2.45, 2.75) is 18.7 Å². The highest BCUT2D eigenvalue weighted by molar-refractivity contribution is 9.10. The van der Waals surface area contributed by atoms with Crippen molar-refractivity contribution in [3.8, 4) is 0 Å². The zero-order valence-corrected chi connectivity index (χ0v) is 10.7. The van der Waals surface area contributed by atoms with Crippen LogP contribution in [-0.2, 0) is 4.79 Å². The minimum atomic E-state index is -0.0578. The van der Waals surface area contributed by atoms with E-state index in [0.717, 1.165) is 15.7 Å². The van der Waals surface area contributed by atoms with Gasteiger partial charge in [-0.3, -0.25) is 4.79 Å². The summed E-state index contributed by atoms with van der Waals surface area (Å²) >= 11 is 9.41. The SMILES string of the molecule is Cc1ccc(N2CC(Cl)CC2=O)cc1Br. The molecule has 80 valence electrons. The van der Waals surface area contributed by atoms with E-state index in [4.69, 9.17) is 11.6 Å². The van der Waals surface area contributed by atoms with E-state index in [1.54, 1.807) is 4.90 Å². The van der Waals surface area contributed by atoms with Crippen LogP contribution in [-0.4, -0.2) is 17.8 Å². The predicted octanol–water partition coefficient (Wildman–Crippen LogP) is 3.10. The Balaban J connectivity index is 2.30. The topological polar surface area (TPSA) is 20.3 Å². The van der Waals surface area contributed by atoms with Gasteiger partial charge in [-0.05, 0) is 24.6 Å². The maximum atomic E-state index is 11.6. The summed E-state index contributed by atoms with van der Waals surface area (Å²) in [4.78, 5) is 13.3. The fourth-order valence-corrected chi connectivity index (χ4v) is 2.30. The van der Waals surface area contributed by atoms with Gasteiger partial charge in [0.25, 0.3) is 0 Å². The summed E-state index contributed by atoms with van der Waals surface area (Å²) in [5.41, 5.74) is 2.08. The fourth-order valence-electron chi connectivity index (χ4n) is 1.66. The third-order valence-corrected chi connectivity index (χ3v) is 3.69. The van der Waals surface area contributed by atoms with Crippen molar-refractivity contribution < 1.29 is 4.79 Å². The number of hydrogen-bond acceptors (Lipinski definition) is 1. The Morgan fingerprint density at radius 2 is 2.27 bits per heavy atom. The van der Waals surface area contributed by atoms with E-state index in [9.17, 15) is 4.79 Å². The van der Waals surface area contributed by atoms with Crippen molar-refractivity contribution in [3.63, 3.8) is 0 Å². The maximum Gasteiger partial charge on any atom is 0.228 e. The van der Waals surface area contributed by atoms with Crippen LogP contribution in [0.5, 0.6) is 0 Å². The van der Waals surface area contributed by atoms with E-state index in [1.165, 1.54) is 0 Å². The van der Waals surface area contributed by atoms with Crippen molar-refractivity contribution in [1.82, 2.24) is 0 Å². The number of nitrogens with zero attached hydrogens (tertiary/aromatic N) is 1. The first kappa shape index (κ1) is 11.0. The first-order valence-electron chi connectivity index (χ1n) is 4.78. The highest BCUT2D eigenvalue weighted by Gasteiger charge is 2.29. The highest BCUT2D eigenvalue weighted by atomic mass is 79.9. The standard InChI is InChI=1S/C11H11BrClNO/c1-7-2-3-9(5-10(7)12)14-6-8(13)4-11(14)15/h2-3,5,8H,4,6H2,1H3. The molecule has 2 nitrogen and oxygen atoms in total. The minimum absolute atomic E-state index is 0.0578. The van der Waals surface area contributed by atoms with Crippen LogP contribution in [0.3, 0.4) is 0 Å². The molecular weight excluding hydrogens is 277 g/mol. The Bertz CT molecular complexity index is 408. The number of amides is 1. The number of aryl methyl sites for hydroxylation is 1. The molecule has 0 aliphatic carbocycles. The average Bonchev–Trinajstić information content (AvgIpc) is 2.50. The molecule has 2 rings (SSSR count). The average molecular weight is 289 g/mol. The molecule has 1 aliphatic heterocycles. The second-order valence-electron chi connectivity index (χ2n) is 3.74. The van der Waals surface area contributed by atoms with Gasteiger partial charge in [0.15, 0.2) is 0 Å². The lowest BCUT2D eigenvalue weighted by atomic mass is 10.2. The van der Waals surface area contributed by atoms with Crippen LogP contribution >= 0.6 is 27.5 Å². The molecule has 1 saturated heterocycles. The van der Waals surface area contributed by atoms with Gasteiger partial charge in [-0.15, -0.1) is 11.6 Å². The van der Waals surface area contributed by atoms with Crippen LogP contribution in [0.2, 0.25) is 0 Å². The van der Waals surface area contributed by atoms with Gasteiger partial charge < -0.3 is 4.90 Å². The van der Waals surface area contributed by atoms with Crippen molar-refractivity contribution in [2.24, 2.45) is 0 Å². The lowest BCUT2D eigenvalue weighted by Crippen LogP contribution is -2.24. The third kappa shape index (κ3) is 2.18. The number of benzene rings is 1. The molecule has 4 heteroatoms. The number of hydrogen-bond donors (Lipinski definition) is 0. The van der Waals surface area contributed by atoms with Gasteiger partial charge in [0.1, 0.15) is 0 Å². The van der Waals surface area contributed by atoms with Crippen molar-refractivity contribution in [1.29, 1.82) is 0 Å². The van der Waals surface area contributed by atoms with Crippen LogP contribution < -0.4 is 4.90 Å². The number of carbonyl (C=O) groups excluding carboxylic acids is 1. The van der Waals surface area contributed by atoms with Gasteiger partial charge >= 0.3 is 0 Å². The molecule has 1 aliphatic rings. The number of anilines is 1. The third-order valence-electron chi connectivity index (χ3n) is 2.54. The lowest BCUT2D eigenvalue weighted by Gasteiger charge is -2.16. The summed E-state index contributed by atoms with van der Waals surface area (Å²) in [6.07, 6.45) is 0.438. The molecule has 1 unspecified atom stereocenters. The van der Waals surface area contributed by atoms with Crippen LogP contribution in [0.25, 0.3) is 0 Å². The molecule has 1 aromatic rings. The van der Waals surface area contributed by atoms with Gasteiger partial charge in [0.05, 0.1) is 5.38 Å². The van der Waals surface area contributed by atoms with Gasteiger partial charge in [-0.2, -0.15) is 0 Å². The summed E-state index contributed by atoms with van der Waals surface area (Å²) in [6.45, 7) is 2.62. The first-order valence-corrected chi connectivity index (χ1v) is 6.01. The molecule has 15 heavy (non-hydrogen) atoms. The smallest absolute Gasteiger partial charge is 0.228 e. The van der Waals surface area contributed by atoms with Crippen LogP contribution in [0.15, 0.2) is 22.7 Å². The molecule has 0 radical (unpaired) electrons.